The van der Waals surface area contributed by atoms with Gasteiger partial charge in [-0.05, 0) is 75.1 Å². The van der Waals surface area contributed by atoms with Gasteiger partial charge in [0.15, 0.2) is 5.01 Å². The zero-order chi connectivity index (χ0) is 38.5. The number of sulfonamides is 1. The number of benzene rings is 2. The van der Waals surface area contributed by atoms with Gasteiger partial charge in [0, 0.05) is 34.7 Å². The lowest BCUT2D eigenvalue weighted by molar-refractivity contribution is -0.141. The second kappa shape index (κ2) is 14.3. The average molecular weight is 789 g/mol. The molecule has 5 atom stereocenters. The van der Waals surface area contributed by atoms with Gasteiger partial charge >= 0.3 is 0 Å². The summed E-state index contributed by atoms with van der Waals surface area (Å²) in [7, 11) is -4.01. The fourth-order valence-electron chi connectivity index (χ4n) is 7.64. The summed E-state index contributed by atoms with van der Waals surface area (Å²) in [5.41, 5.74) is -0.976. The van der Waals surface area contributed by atoms with Crippen LogP contribution < -0.4 is 20.1 Å². The topological polar surface area (TPSA) is 177 Å². The lowest BCUT2D eigenvalue weighted by Gasteiger charge is -2.30. The fourth-order valence-corrected chi connectivity index (χ4v) is 9.49. The average Bonchev–Trinajstić information content (AvgIpc) is 3.91. The Morgan fingerprint density at radius 2 is 1.89 bits per heavy atom. The number of amides is 4. The van der Waals surface area contributed by atoms with E-state index < -0.39 is 73.9 Å². The lowest BCUT2D eigenvalue weighted by atomic mass is 10.0. The smallest absolute Gasteiger partial charge is 0.280 e. The highest BCUT2D eigenvalue weighted by Gasteiger charge is 2.63. The number of aromatic nitrogens is 2. The van der Waals surface area contributed by atoms with Crippen molar-refractivity contribution in [2.75, 3.05) is 6.54 Å². The maximum absolute atomic E-state index is 14.6. The van der Waals surface area contributed by atoms with Crippen molar-refractivity contribution in [2.45, 2.75) is 93.2 Å². The Hall–Kier alpha value is -4.96. The molecule has 2 aromatic heterocycles. The van der Waals surface area contributed by atoms with Crippen LogP contribution in [0, 0.1) is 11.7 Å². The Kier molecular flexibility index (Phi) is 9.60. The van der Waals surface area contributed by atoms with Gasteiger partial charge in [0.2, 0.25) is 27.7 Å². The number of nitrogens with zero attached hydrogens (tertiary/aromatic N) is 3. The molecule has 4 amide bonds. The molecule has 2 aromatic carbocycles. The highest BCUT2D eigenvalue weighted by atomic mass is 32.2. The summed E-state index contributed by atoms with van der Waals surface area (Å²) in [4.78, 5) is 66.4. The molecule has 288 valence electrons. The number of hydrogen-bond donors (Lipinski definition) is 3. The van der Waals surface area contributed by atoms with Crippen molar-refractivity contribution in [3.05, 3.63) is 77.0 Å². The predicted molar refractivity (Wildman–Crippen MR) is 203 cm³/mol. The van der Waals surface area contributed by atoms with Crippen molar-refractivity contribution in [3.8, 4) is 5.88 Å². The molecular weight excluding hydrogens is 748 g/mol. The van der Waals surface area contributed by atoms with Crippen LogP contribution in [-0.2, 0) is 24.4 Å². The summed E-state index contributed by atoms with van der Waals surface area (Å²) in [5, 5.41) is 9.44. The molecule has 8 rings (SSSR count). The minimum Gasteiger partial charge on any atom is -0.472 e. The Labute approximate surface area is 321 Å². The number of ether oxygens (including phenoxy) is 1. The van der Waals surface area contributed by atoms with Gasteiger partial charge in [-0.15, -0.1) is 11.3 Å². The highest BCUT2D eigenvalue weighted by molar-refractivity contribution is 7.91. The summed E-state index contributed by atoms with van der Waals surface area (Å²) in [5.74, 6) is -3.17. The van der Waals surface area contributed by atoms with Crippen molar-refractivity contribution in [2.24, 2.45) is 5.92 Å². The van der Waals surface area contributed by atoms with Crippen LogP contribution in [0.2, 0.25) is 0 Å². The molecule has 0 unspecified atom stereocenters. The van der Waals surface area contributed by atoms with Gasteiger partial charge in [0.1, 0.15) is 29.5 Å². The number of para-hydroxylation sites is 1. The Morgan fingerprint density at radius 3 is 2.67 bits per heavy atom. The van der Waals surface area contributed by atoms with Crippen LogP contribution in [0.4, 0.5) is 4.39 Å². The standard InChI is InChI=1S/C39H41FN6O7S2/c1-38(15-16-38)55(51,52)45-37(50)39-21-23(39)9-5-3-2-4-6-12-30(42-33(48)35-41-17-18-54-35)36(49)46-22-25(20-31(46)32(47)44-39)53-34-27-14-13-24(40)19-28(27)26-10-7-8-11-29(26)43-34/h5,7-11,13-14,17-19,23,25,30-31H,2-4,6,12,15-16,20-22H2,1H3,(H,42,48)(H,44,47)(H,45,50)/b9-5-/t23-,25-,30+,31+,39-/m1/s1. The molecule has 3 fully saturated rings. The van der Waals surface area contributed by atoms with Gasteiger partial charge in [-0.1, -0.05) is 43.2 Å². The largest absolute Gasteiger partial charge is 0.472 e. The van der Waals surface area contributed by atoms with Crippen molar-refractivity contribution in [1.29, 1.82) is 0 Å². The zero-order valence-corrected chi connectivity index (χ0v) is 31.8. The predicted octanol–water partition coefficient (Wildman–Crippen LogP) is 4.52. The molecule has 3 N–H and O–H groups in total. The SMILES string of the molecule is CC1(S(=O)(=O)NC(=O)[C@@]23C[C@H]2/C=C\CCCCC[C@H](NC(=O)c2nccs2)C(=O)N2C[C@H](Oc4nc5ccccc5c5cc(F)ccc45)C[C@H]2C(=O)N3)CC1. The quantitative estimate of drug-likeness (QED) is 0.180. The molecule has 55 heavy (non-hydrogen) atoms. The molecule has 4 aliphatic rings. The lowest BCUT2D eigenvalue weighted by Crippen LogP contribution is -2.58. The van der Waals surface area contributed by atoms with Gasteiger partial charge in [-0.2, -0.15) is 0 Å². The van der Waals surface area contributed by atoms with E-state index in [0.717, 1.165) is 29.6 Å². The van der Waals surface area contributed by atoms with Gasteiger partial charge in [0.25, 0.3) is 11.8 Å². The Balaban J connectivity index is 1.13. The van der Waals surface area contributed by atoms with Gasteiger partial charge in [0.05, 0.1) is 16.8 Å². The molecule has 2 aliphatic carbocycles. The van der Waals surface area contributed by atoms with Crippen molar-refractivity contribution in [3.63, 3.8) is 0 Å². The number of rotatable bonds is 7. The second-order valence-corrected chi connectivity index (χ2v) is 18.3. The molecule has 2 aliphatic heterocycles. The molecule has 13 nitrogen and oxygen atoms in total. The molecule has 16 heteroatoms. The Bertz CT molecular complexity index is 2330. The number of halogens is 1. The number of nitrogens with one attached hydrogen (secondary N) is 3. The number of carbonyl (C=O) groups excluding carboxylic acids is 4. The summed E-state index contributed by atoms with van der Waals surface area (Å²) in [6, 6.07) is 9.41. The minimum absolute atomic E-state index is 0.00348. The fraction of sp³-hybridized carbons (Fsp3) is 0.436. The van der Waals surface area contributed by atoms with E-state index in [-0.39, 0.29) is 30.3 Å². The normalized spacial score (nSPS) is 27.2. The molecular formula is C39H41FN6O7S2. The number of thiazole rings is 1. The van der Waals surface area contributed by atoms with Gasteiger partial charge in [-0.25, -0.2) is 22.8 Å². The van der Waals surface area contributed by atoms with E-state index in [1.165, 1.54) is 23.2 Å². The zero-order valence-electron chi connectivity index (χ0n) is 30.1. The van der Waals surface area contributed by atoms with Crippen LogP contribution in [0.1, 0.15) is 74.5 Å². The summed E-state index contributed by atoms with van der Waals surface area (Å²) in [6.07, 6.45) is 8.69. The highest BCUT2D eigenvalue weighted by Crippen LogP contribution is 2.47. The first-order valence-electron chi connectivity index (χ1n) is 18.6. The van der Waals surface area contributed by atoms with E-state index in [0.29, 0.717) is 48.4 Å². The number of allylic oxidation sites excluding steroid dienone is 1. The van der Waals surface area contributed by atoms with Crippen LogP contribution in [0.15, 0.2) is 66.2 Å². The molecule has 0 bridgehead atoms. The maximum atomic E-state index is 14.6. The number of carbonyl (C=O) groups is 4. The molecule has 0 spiro atoms. The van der Waals surface area contributed by atoms with Crippen molar-refractivity contribution < 1.29 is 36.7 Å². The van der Waals surface area contributed by atoms with Crippen LogP contribution in [0.25, 0.3) is 21.7 Å². The number of hydrogen-bond acceptors (Lipinski definition) is 10. The molecule has 2 saturated carbocycles. The third kappa shape index (κ3) is 7.17. The molecule has 0 radical (unpaired) electrons. The first-order chi connectivity index (χ1) is 26.4. The minimum atomic E-state index is -4.01. The van der Waals surface area contributed by atoms with Crippen LogP contribution in [0.5, 0.6) is 5.88 Å². The third-order valence-electron chi connectivity index (χ3n) is 11.3. The van der Waals surface area contributed by atoms with E-state index in [9.17, 15) is 32.0 Å². The summed E-state index contributed by atoms with van der Waals surface area (Å²) in [6.45, 7) is 1.52. The molecule has 4 aromatic rings. The van der Waals surface area contributed by atoms with Crippen LogP contribution >= 0.6 is 11.3 Å². The van der Waals surface area contributed by atoms with Gasteiger partial charge in [-0.3, -0.25) is 23.9 Å². The number of fused-ring (bicyclic) bond motifs is 5. The third-order valence-corrected chi connectivity index (χ3v) is 14.2. The van der Waals surface area contributed by atoms with E-state index in [1.807, 2.05) is 30.4 Å². The first kappa shape index (κ1) is 37.0. The van der Waals surface area contributed by atoms with E-state index >= 15 is 0 Å². The second-order valence-electron chi connectivity index (χ2n) is 15.2. The monoisotopic (exact) mass is 788 g/mol. The van der Waals surface area contributed by atoms with E-state index in [2.05, 4.69) is 20.3 Å². The first-order valence-corrected chi connectivity index (χ1v) is 20.9. The molecule has 1 saturated heterocycles. The van der Waals surface area contributed by atoms with E-state index in [1.54, 1.807) is 24.4 Å². The van der Waals surface area contributed by atoms with Crippen molar-refractivity contribution in [1.82, 2.24) is 30.2 Å². The maximum Gasteiger partial charge on any atom is 0.280 e. The summed E-state index contributed by atoms with van der Waals surface area (Å²) >= 11 is 1.14. The number of pyridine rings is 1. The van der Waals surface area contributed by atoms with Gasteiger partial charge < -0.3 is 20.3 Å². The van der Waals surface area contributed by atoms with Crippen molar-refractivity contribution >= 4 is 66.7 Å². The van der Waals surface area contributed by atoms with Crippen LogP contribution in [0.3, 0.4) is 0 Å². The van der Waals surface area contributed by atoms with E-state index in [4.69, 9.17) is 9.72 Å². The summed E-state index contributed by atoms with van der Waals surface area (Å²) < 4.78 is 48.5. The Morgan fingerprint density at radius 1 is 1.07 bits per heavy atom. The molecule has 4 heterocycles. The van der Waals surface area contributed by atoms with Crippen LogP contribution in [-0.4, -0.2) is 81.9 Å².